The summed E-state index contributed by atoms with van der Waals surface area (Å²) in [6.07, 6.45) is 12.6. The van der Waals surface area contributed by atoms with Crippen LogP contribution in [0.15, 0.2) is 11.4 Å². The normalized spacial score (nSPS) is 24.7. The third kappa shape index (κ3) is 6.38. The van der Waals surface area contributed by atoms with Crippen LogP contribution < -0.4 is 0 Å². The van der Waals surface area contributed by atoms with Crippen LogP contribution in [0.3, 0.4) is 0 Å². The van der Waals surface area contributed by atoms with Crippen molar-refractivity contribution in [1.82, 2.24) is 14.7 Å². The number of carbonyl (C=O) groups is 1. The van der Waals surface area contributed by atoms with Crippen molar-refractivity contribution in [1.29, 1.82) is 0 Å². The predicted octanol–water partition coefficient (Wildman–Crippen LogP) is 4.89. The molecule has 1 saturated carbocycles. The van der Waals surface area contributed by atoms with Gasteiger partial charge < -0.3 is 9.80 Å². The molecule has 1 atom stereocenters. The van der Waals surface area contributed by atoms with Crippen LogP contribution in [0.5, 0.6) is 0 Å². The molecule has 0 amide bonds. The quantitative estimate of drug-likeness (QED) is 0.520. The number of nitrogens with zero attached hydrogens (tertiary/aromatic N) is 3. The van der Waals surface area contributed by atoms with Crippen LogP contribution in [0.1, 0.15) is 79.9 Å². The van der Waals surface area contributed by atoms with Gasteiger partial charge in [-0.3, -0.25) is 9.69 Å². The molecular weight excluding hydrogens is 390 g/mol. The Morgan fingerprint density at radius 3 is 2.60 bits per heavy atom. The number of rotatable bonds is 9. The number of hydrogen-bond donors (Lipinski definition) is 0. The lowest BCUT2D eigenvalue weighted by Gasteiger charge is -2.39. The lowest BCUT2D eigenvalue weighted by Crippen LogP contribution is -2.46. The number of carbonyl (C=O) groups excluding carboxylic acids is 1. The molecular formula is C25H41N3OS. The molecule has 0 bridgehead atoms. The topological polar surface area (TPSA) is 26.8 Å². The summed E-state index contributed by atoms with van der Waals surface area (Å²) in [5.41, 5.74) is 1.33. The summed E-state index contributed by atoms with van der Waals surface area (Å²) in [5.74, 6) is 0.997. The minimum absolute atomic E-state index is 0.200. The van der Waals surface area contributed by atoms with E-state index in [1.54, 1.807) is 18.3 Å². The van der Waals surface area contributed by atoms with Crippen molar-refractivity contribution in [3.05, 3.63) is 21.9 Å². The van der Waals surface area contributed by atoms with Gasteiger partial charge in [-0.15, -0.1) is 11.3 Å². The van der Waals surface area contributed by atoms with Gasteiger partial charge in [0.2, 0.25) is 0 Å². The zero-order valence-electron chi connectivity index (χ0n) is 19.0. The first-order valence-electron chi connectivity index (χ1n) is 12.4. The SMILES string of the molecule is CC(=O)c1cc(CN(CCN2CCCCC2)C[C@H]2CCCN(C3CCCC3)C2)cs1. The van der Waals surface area contributed by atoms with Gasteiger partial charge in [0, 0.05) is 38.8 Å². The maximum atomic E-state index is 11.7. The van der Waals surface area contributed by atoms with E-state index in [2.05, 4.69) is 26.1 Å². The van der Waals surface area contributed by atoms with E-state index in [0.717, 1.165) is 29.9 Å². The minimum atomic E-state index is 0.200. The molecule has 2 aliphatic heterocycles. The molecule has 4 nitrogen and oxygen atoms in total. The van der Waals surface area contributed by atoms with E-state index < -0.39 is 0 Å². The van der Waals surface area contributed by atoms with E-state index in [-0.39, 0.29) is 5.78 Å². The molecule has 0 aromatic carbocycles. The zero-order valence-corrected chi connectivity index (χ0v) is 19.8. The van der Waals surface area contributed by atoms with Gasteiger partial charge in [-0.05, 0) is 88.0 Å². The summed E-state index contributed by atoms with van der Waals surface area (Å²) in [4.78, 5) is 20.8. The Morgan fingerprint density at radius 1 is 1.07 bits per heavy atom. The molecule has 0 N–H and O–H groups in total. The van der Waals surface area contributed by atoms with E-state index in [4.69, 9.17) is 0 Å². The Hall–Kier alpha value is -0.750. The highest BCUT2D eigenvalue weighted by Gasteiger charge is 2.29. The van der Waals surface area contributed by atoms with E-state index in [9.17, 15) is 4.79 Å². The standard InChI is InChI=1S/C25H41N3OS/c1-21(29)25-16-23(20-30-25)18-27(15-14-26-11-5-2-6-12-26)17-22-8-7-13-28(19-22)24-9-3-4-10-24/h16,20,22,24H,2-15,17-19H2,1H3/t22-/m1/s1. The number of Topliss-reactive ketones (excluding diaryl/α,β-unsaturated/α-hetero) is 1. The number of ketones is 1. The van der Waals surface area contributed by atoms with E-state index in [0.29, 0.717) is 0 Å². The van der Waals surface area contributed by atoms with Crippen molar-refractivity contribution in [2.45, 2.75) is 77.3 Å². The summed E-state index contributed by atoms with van der Waals surface area (Å²) in [7, 11) is 0. The molecule has 0 radical (unpaired) electrons. The van der Waals surface area contributed by atoms with Crippen LogP contribution in [0.25, 0.3) is 0 Å². The third-order valence-corrected chi connectivity index (χ3v) is 8.58. The Kier molecular flexibility index (Phi) is 8.39. The van der Waals surface area contributed by atoms with Gasteiger partial charge >= 0.3 is 0 Å². The van der Waals surface area contributed by atoms with Gasteiger partial charge in [0.25, 0.3) is 0 Å². The Labute approximate surface area is 187 Å². The average molecular weight is 432 g/mol. The van der Waals surface area contributed by atoms with Gasteiger partial charge in [0.1, 0.15) is 0 Å². The first kappa shape index (κ1) is 22.4. The summed E-state index contributed by atoms with van der Waals surface area (Å²) < 4.78 is 0. The molecule has 2 saturated heterocycles. The predicted molar refractivity (Wildman–Crippen MR) is 126 cm³/mol. The molecule has 168 valence electrons. The van der Waals surface area contributed by atoms with Crippen molar-refractivity contribution in [3.63, 3.8) is 0 Å². The van der Waals surface area contributed by atoms with E-state index in [1.807, 2.05) is 0 Å². The average Bonchev–Trinajstić information content (AvgIpc) is 3.45. The highest BCUT2D eigenvalue weighted by atomic mass is 32.1. The van der Waals surface area contributed by atoms with Gasteiger partial charge in [-0.25, -0.2) is 0 Å². The molecule has 3 aliphatic rings. The van der Waals surface area contributed by atoms with E-state index in [1.165, 1.54) is 103 Å². The molecule has 0 unspecified atom stereocenters. The highest BCUT2D eigenvalue weighted by Crippen LogP contribution is 2.28. The summed E-state index contributed by atoms with van der Waals surface area (Å²) >= 11 is 1.61. The highest BCUT2D eigenvalue weighted by molar-refractivity contribution is 7.12. The van der Waals surface area contributed by atoms with Crippen molar-refractivity contribution in [3.8, 4) is 0 Å². The minimum Gasteiger partial charge on any atom is -0.302 e. The fourth-order valence-corrected chi connectivity index (χ4v) is 6.62. The maximum absolute atomic E-state index is 11.7. The lowest BCUT2D eigenvalue weighted by molar-refractivity contribution is 0.0912. The molecule has 5 heteroatoms. The van der Waals surface area contributed by atoms with Gasteiger partial charge in [-0.1, -0.05) is 19.3 Å². The molecule has 0 spiro atoms. The smallest absolute Gasteiger partial charge is 0.169 e. The van der Waals surface area contributed by atoms with Gasteiger partial charge in [-0.2, -0.15) is 0 Å². The Bertz CT molecular complexity index is 663. The maximum Gasteiger partial charge on any atom is 0.169 e. The fraction of sp³-hybridized carbons (Fsp3) is 0.800. The van der Waals surface area contributed by atoms with Crippen LogP contribution in [0.2, 0.25) is 0 Å². The Morgan fingerprint density at radius 2 is 1.87 bits per heavy atom. The van der Waals surface area contributed by atoms with Crippen molar-refractivity contribution in [2.75, 3.05) is 45.8 Å². The van der Waals surface area contributed by atoms with Crippen LogP contribution in [0.4, 0.5) is 0 Å². The monoisotopic (exact) mass is 431 g/mol. The fourth-order valence-electron chi connectivity index (χ4n) is 5.81. The van der Waals surface area contributed by atoms with Crippen LogP contribution in [0, 0.1) is 5.92 Å². The van der Waals surface area contributed by atoms with Crippen LogP contribution in [-0.2, 0) is 6.54 Å². The number of likely N-dealkylation sites (tertiary alicyclic amines) is 2. The number of piperidine rings is 2. The molecule has 1 aromatic heterocycles. The first-order valence-corrected chi connectivity index (χ1v) is 13.3. The molecule has 30 heavy (non-hydrogen) atoms. The second kappa shape index (κ2) is 11.2. The molecule has 3 heterocycles. The summed E-state index contributed by atoms with van der Waals surface area (Å²) in [6, 6.07) is 3.00. The lowest BCUT2D eigenvalue weighted by atomic mass is 9.95. The molecule has 4 rings (SSSR count). The Balaban J connectivity index is 1.35. The van der Waals surface area contributed by atoms with Crippen molar-refractivity contribution in [2.24, 2.45) is 5.92 Å². The van der Waals surface area contributed by atoms with Crippen molar-refractivity contribution < 1.29 is 4.79 Å². The second-order valence-corrected chi connectivity index (χ2v) is 10.9. The second-order valence-electron chi connectivity index (χ2n) is 9.95. The van der Waals surface area contributed by atoms with Crippen LogP contribution in [-0.4, -0.2) is 72.3 Å². The summed E-state index contributed by atoms with van der Waals surface area (Å²) in [6.45, 7) is 11.4. The first-order chi connectivity index (χ1) is 14.7. The summed E-state index contributed by atoms with van der Waals surface area (Å²) in [5, 5.41) is 2.20. The zero-order chi connectivity index (χ0) is 20.8. The molecule has 1 aliphatic carbocycles. The van der Waals surface area contributed by atoms with Crippen LogP contribution >= 0.6 is 11.3 Å². The molecule has 1 aromatic rings. The number of hydrogen-bond acceptors (Lipinski definition) is 5. The van der Waals surface area contributed by atoms with Gasteiger partial charge in [0.15, 0.2) is 5.78 Å². The molecule has 3 fully saturated rings. The largest absolute Gasteiger partial charge is 0.302 e. The number of thiophene rings is 1. The van der Waals surface area contributed by atoms with Crippen molar-refractivity contribution >= 4 is 17.1 Å². The van der Waals surface area contributed by atoms with E-state index >= 15 is 0 Å². The van der Waals surface area contributed by atoms with Gasteiger partial charge in [0.05, 0.1) is 4.88 Å². The third-order valence-electron chi connectivity index (χ3n) is 7.50.